The summed E-state index contributed by atoms with van der Waals surface area (Å²) < 4.78 is 1.24. The van der Waals surface area contributed by atoms with Crippen molar-refractivity contribution in [2.45, 2.75) is 57.4 Å². The zero-order valence-electron chi connectivity index (χ0n) is 17.0. The molecule has 2 unspecified atom stereocenters. The average Bonchev–Trinajstić information content (AvgIpc) is 3.14. The molecule has 0 radical (unpaired) electrons. The van der Waals surface area contributed by atoms with Crippen LogP contribution in [0.4, 0.5) is 4.79 Å². The second kappa shape index (κ2) is 9.22. The summed E-state index contributed by atoms with van der Waals surface area (Å²) in [5.41, 5.74) is 1.08. The average molecular weight is 415 g/mol. The number of amides is 3. The number of rotatable bonds is 4. The van der Waals surface area contributed by atoms with Gasteiger partial charge < -0.3 is 5.32 Å². The van der Waals surface area contributed by atoms with Crippen LogP contribution >= 0.6 is 11.3 Å². The van der Waals surface area contributed by atoms with E-state index in [9.17, 15) is 9.59 Å². The van der Waals surface area contributed by atoms with Crippen molar-refractivity contribution in [3.63, 3.8) is 0 Å². The fourth-order valence-electron chi connectivity index (χ4n) is 4.51. The summed E-state index contributed by atoms with van der Waals surface area (Å²) in [6.45, 7) is 4.16. The largest absolute Gasteiger partial charge is 0.335 e. The molecule has 1 saturated heterocycles. The van der Waals surface area contributed by atoms with E-state index in [-0.39, 0.29) is 24.5 Å². The SMILES string of the molecule is CC1CCCCC1NC(=O)NC(=O)CN1CCC(c2nc3ccccc3s2)CC1. The molecule has 1 aromatic carbocycles. The molecule has 2 fully saturated rings. The molecule has 3 amide bonds. The summed E-state index contributed by atoms with van der Waals surface area (Å²) in [7, 11) is 0. The first-order chi connectivity index (χ1) is 14.1. The Labute approximate surface area is 176 Å². The molecule has 0 bridgehead atoms. The van der Waals surface area contributed by atoms with E-state index < -0.39 is 0 Å². The molecule has 1 aliphatic carbocycles. The van der Waals surface area contributed by atoms with E-state index >= 15 is 0 Å². The third kappa shape index (κ3) is 5.14. The van der Waals surface area contributed by atoms with Gasteiger partial charge in [-0.1, -0.05) is 31.9 Å². The maximum Gasteiger partial charge on any atom is 0.321 e. The maximum atomic E-state index is 12.3. The van der Waals surface area contributed by atoms with Crippen LogP contribution in [0.2, 0.25) is 0 Å². The van der Waals surface area contributed by atoms with Gasteiger partial charge in [0.1, 0.15) is 0 Å². The second-order valence-corrected chi connectivity index (χ2v) is 9.52. The number of carbonyl (C=O) groups excluding carboxylic acids is 2. The number of carbonyl (C=O) groups is 2. The molecule has 0 spiro atoms. The predicted octanol–water partition coefficient (Wildman–Crippen LogP) is 3.88. The van der Waals surface area contributed by atoms with Gasteiger partial charge in [0.05, 0.1) is 21.8 Å². The van der Waals surface area contributed by atoms with E-state index in [2.05, 4.69) is 40.7 Å². The number of imide groups is 1. The Morgan fingerprint density at radius 2 is 1.90 bits per heavy atom. The number of urea groups is 1. The summed E-state index contributed by atoms with van der Waals surface area (Å²) in [6.07, 6.45) is 6.52. The highest BCUT2D eigenvalue weighted by Gasteiger charge is 2.26. The van der Waals surface area contributed by atoms with Crippen LogP contribution < -0.4 is 10.6 Å². The Kier molecular flexibility index (Phi) is 6.45. The van der Waals surface area contributed by atoms with Gasteiger partial charge in [-0.15, -0.1) is 11.3 Å². The summed E-state index contributed by atoms with van der Waals surface area (Å²) >= 11 is 1.78. The zero-order chi connectivity index (χ0) is 20.2. The van der Waals surface area contributed by atoms with Crippen LogP contribution in [-0.2, 0) is 4.79 Å². The number of nitrogens with zero attached hydrogens (tertiary/aromatic N) is 2. The van der Waals surface area contributed by atoms with Crippen molar-refractivity contribution < 1.29 is 9.59 Å². The van der Waals surface area contributed by atoms with Crippen molar-refractivity contribution in [1.82, 2.24) is 20.5 Å². The molecule has 1 aromatic heterocycles. The molecule has 2 atom stereocenters. The lowest BCUT2D eigenvalue weighted by Crippen LogP contribution is -2.50. The van der Waals surface area contributed by atoms with Crippen LogP contribution in [0.3, 0.4) is 0 Å². The smallest absolute Gasteiger partial charge is 0.321 e. The molecule has 6 nitrogen and oxygen atoms in total. The molecule has 7 heteroatoms. The molecule has 2 aromatic rings. The monoisotopic (exact) mass is 414 g/mol. The lowest BCUT2D eigenvalue weighted by molar-refractivity contribution is -0.121. The Bertz CT molecular complexity index is 826. The van der Waals surface area contributed by atoms with Gasteiger partial charge in [0.15, 0.2) is 0 Å². The van der Waals surface area contributed by atoms with Crippen molar-refractivity contribution in [2.24, 2.45) is 5.92 Å². The predicted molar refractivity (Wildman–Crippen MR) is 116 cm³/mol. The lowest BCUT2D eigenvalue weighted by atomic mass is 9.86. The van der Waals surface area contributed by atoms with Gasteiger partial charge in [0.25, 0.3) is 0 Å². The first-order valence-electron chi connectivity index (χ1n) is 10.8. The zero-order valence-corrected chi connectivity index (χ0v) is 17.8. The van der Waals surface area contributed by atoms with Gasteiger partial charge in [0, 0.05) is 12.0 Å². The summed E-state index contributed by atoms with van der Waals surface area (Å²) in [4.78, 5) is 31.4. The molecule has 2 heterocycles. The minimum Gasteiger partial charge on any atom is -0.335 e. The van der Waals surface area contributed by atoms with Crippen molar-refractivity contribution in [3.05, 3.63) is 29.3 Å². The van der Waals surface area contributed by atoms with Crippen LogP contribution in [-0.4, -0.2) is 47.5 Å². The lowest BCUT2D eigenvalue weighted by Gasteiger charge is -2.31. The first-order valence-corrected chi connectivity index (χ1v) is 11.6. The Morgan fingerprint density at radius 1 is 1.14 bits per heavy atom. The van der Waals surface area contributed by atoms with E-state index in [1.54, 1.807) is 11.3 Å². The van der Waals surface area contributed by atoms with Crippen molar-refractivity contribution in [2.75, 3.05) is 19.6 Å². The van der Waals surface area contributed by atoms with Gasteiger partial charge in [0.2, 0.25) is 5.91 Å². The van der Waals surface area contributed by atoms with Crippen LogP contribution in [0, 0.1) is 5.92 Å². The number of para-hydroxylation sites is 1. The number of benzene rings is 1. The minimum absolute atomic E-state index is 0.182. The molecule has 2 N–H and O–H groups in total. The molecule has 156 valence electrons. The number of aromatic nitrogens is 1. The standard InChI is InChI=1S/C22H30N4O2S/c1-15-6-2-3-7-17(15)24-22(28)25-20(27)14-26-12-10-16(11-13-26)21-23-18-8-4-5-9-19(18)29-21/h4-5,8-9,15-17H,2-3,6-7,10-14H2,1H3,(H2,24,25,27,28). The van der Waals surface area contributed by atoms with Gasteiger partial charge in [-0.3, -0.25) is 15.0 Å². The fraction of sp³-hybridized carbons (Fsp3) is 0.591. The van der Waals surface area contributed by atoms with Crippen molar-refractivity contribution in [3.8, 4) is 0 Å². The highest BCUT2D eigenvalue weighted by atomic mass is 32.1. The van der Waals surface area contributed by atoms with E-state index in [0.717, 1.165) is 50.7 Å². The van der Waals surface area contributed by atoms with Gasteiger partial charge >= 0.3 is 6.03 Å². The second-order valence-electron chi connectivity index (χ2n) is 8.46. The van der Waals surface area contributed by atoms with E-state index in [0.29, 0.717) is 11.8 Å². The number of likely N-dealkylation sites (tertiary alicyclic amines) is 1. The number of nitrogens with one attached hydrogen (secondary N) is 2. The summed E-state index contributed by atoms with van der Waals surface area (Å²) in [5.74, 6) is 0.721. The number of hydrogen-bond donors (Lipinski definition) is 2. The van der Waals surface area contributed by atoms with Crippen molar-refractivity contribution >= 4 is 33.5 Å². The molecule has 1 saturated carbocycles. The minimum atomic E-state index is -0.349. The highest BCUT2D eigenvalue weighted by Crippen LogP contribution is 2.33. The number of hydrogen-bond acceptors (Lipinski definition) is 5. The number of fused-ring (bicyclic) bond motifs is 1. The third-order valence-corrected chi connectivity index (χ3v) is 7.49. The van der Waals surface area contributed by atoms with Gasteiger partial charge in [-0.2, -0.15) is 0 Å². The highest BCUT2D eigenvalue weighted by molar-refractivity contribution is 7.18. The van der Waals surface area contributed by atoms with Gasteiger partial charge in [-0.05, 0) is 56.8 Å². The molecule has 4 rings (SSSR count). The van der Waals surface area contributed by atoms with E-state index in [1.165, 1.54) is 16.1 Å². The summed E-state index contributed by atoms with van der Waals surface area (Å²) in [6, 6.07) is 8.09. The van der Waals surface area contributed by atoms with Crippen LogP contribution in [0.5, 0.6) is 0 Å². The molecular formula is C22H30N4O2S. The Hall–Kier alpha value is -1.99. The van der Waals surface area contributed by atoms with E-state index in [1.807, 2.05) is 6.07 Å². The van der Waals surface area contributed by atoms with E-state index in [4.69, 9.17) is 4.98 Å². The number of thiazole rings is 1. The maximum absolute atomic E-state index is 12.3. The number of piperidine rings is 1. The molecule has 1 aliphatic heterocycles. The molecule has 2 aliphatic rings. The Balaban J connectivity index is 1.21. The molecule has 29 heavy (non-hydrogen) atoms. The fourth-order valence-corrected chi connectivity index (χ4v) is 5.64. The van der Waals surface area contributed by atoms with Gasteiger partial charge in [-0.25, -0.2) is 9.78 Å². The summed E-state index contributed by atoms with van der Waals surface area (Å²) in [5, 5.41) is 6.70. The quantitative estimate of drug-likeness (QED) is 0.796. The van der Waals surface area contributed by atoms with Crippen LogP contribution in [0.15, 0.2) is 24.3 Å². The normalized spacial score (nSPS) is 23.8. The molecular weight excluding hydrogens is 384 g/mol. The third-order valence-electron chi connectivity index (χ3n) is 6.30. The van der Waals surface area contributed by atoms with Crippen LogP contribution in [0.25, 0.3) is 10.2 Å². The topological polar surface area (TPSA) is 74.3 Å². The van der Waals surface area contributed by atoms with Crippen molar-refractivity contribution in [1.29, 1.82) is 0 Å². The van der Waals surface area contributed by atoms with Crippen LogP contribution in [0.1, 0.15) is 56.4 Å². The first kappa shape index (κ1) is 20.3. The Morgan fingerprint density at radius 3 is 2.66 bits per heavy atom.